The number of hydrogen-bond acceptors (Lipinski definition) is 4. The van der Waals surface area contributed by atoms with Crippen LogP contribution in [-0.4, -0.2) is 30.8 Å². The van der Waals surface area contributed by atoms with Crippen molar-refractivity contribution >= 4 is 17.7 Å². The second-order valence-corrected chi connectivity index (χ2v) is 7.55. The van der Waals surface area contributed by atoms with E-state index in [9.17, 15) is 18.0 Å². The first-order valence-electron chi connectivity index (χ1n) is 9.35. The Morgan fingerprint density at radius 1 is 1.00 bits per heavy atom. The molecule has 4 nitrogen and oxygen atoms in total. The number of alkyl halides is 3. The van der Waals surface area contributed by atoms with E-state index in [0.717, 1.165) is 43.0 Å². The molecule has 8 heteroatoms. The molecule has 29 heavy (non-hydrogen) atoms. The van der Waals surface area contributed by atoms with Gasteiger partial charge >= 0.3 is 12.1 Å². The fourth-order valence-corrected chi connectivity index (χ4v) is 3.39. The molecule has 0 amide bonds. The van der Waals surface area contributed by atoms with Crippen LogP contribution in [0.5, 0.6) is 5.75 Å². The van der Waals surface area contributed by atoms with E-state index in [1.807, 2.05) is 12.1 Å². The predicted molar refractivity (Wildman–Crippen MR) is 106 cm³/mol. The fraction of sp³-hybridized carbons (Fsp3) is 0.381. The lowest BCUT2D eigenvalue weighted by molar-refractivity contribution is -0.138. The summed E-state index contributed by atoms with van der Waals surface area (Å²) in [6.45, 7) is 2.12. The third-order valence-corrected chi connectivity index (χ3v) is 4.98. The van der Waals surface area contributed by atoms with Crippen LogP contribution in [0.25, 0.3) is 0 Å². The molecule has 0 aliphatic rings. The lowest BCUT2D eigenvalue weighted by Gasteiger charge is -2.10. The molecule has 0 aromatic heterocycles. The van der Waals surface area contributed by atoms with Crippen LogP contribution in [0.3, 0.4) is 0 Å². The van der Waals surface area contributed by atoms with Gasteiger partial charge in [0, 0.05) is 16.2 Å². The van der Waals surface area contributed by atoms with Gasteiger partial charge in [-0.05, 0) is 74.8 Å². The molecule has 0 aliphatic heterocycles. The van der Waals surface area contributed by atoms with Crippen LogP contribution >= 0.6 is 11.8 Å². The highest BCUT2D eigenvalue weighted by atomic mass is 32.2. The van der Waals surface area contributed by atoms with Crippen molar-refractivity contribution < 1.29 is 27.8 Å². The second-order valence-electron chi connectivity index (χ2n) is 6.40. The van der Waals surface area contributed by atoms with Crippen molar-refractivity contribution in [2.45, 2.75) is 41.7 Å². The summed E-state index contributed by atoms with van der Waals surface area (Å²) < 4.78 is 44.0. The quantitative estimate of drug-likeness (QED) is 0.440. The average Bonchev–Trinajstić information content (AvgIpc) is 2.67. The molecule has 0 saturated carbocycles. The summed E-state index contributed by atoms with van der Waals surface area (Å²) in [5.41, 5.74) is -0.655. The lowest BCUT2D eigenvalue weighted by Crippen LogP contribution is -2.18. The van der Waals surface area contributed by atoms with Gasteiger partial charge in [0.2, 0.25) is 0 Å². The van der Waals surface area contributed by atoms with Gasteiger partial charge in [0.1, 0.15) is 5.75 Å². The van der Waals surface area contributed by atoms with Gasteiger partial charge in [-0.2, -0.15) is 13.2 Å². The summed E-state index contributed by atoms with van der Waals surface area (Å²) in [6, 6.07) is 12.5. The minimum atomic E-state index is -4.35. The summed E-state index contributed by atoms with van der Waals surface area (Å²) in [5, 5.41) is 11.8. The molecule has 0 heterocycles. The van der Waals surface area contributed by atoms with Gasteiger partial charge in [-0.25, -0.2) is 0 Å². The van der Waals surface area contributed by atoms with E-state index in [0.29, 0.717) is 23.7 Å². The first-order chi connectivity index (χ1) is 13.8. The number of halogens is 3. The normalized spacial score (nSPS) is 11.4. The number of carboxylic acids is 1. The zero-order chi connectivity index (χ0) is 21.1. The molecule has 2 aromatic rings. The molecule has 0 atom stereocenters. The van der Waals surface area contributed by atoms with Crippen molar-refractivity contribution in [3.05, 3.63) is 54.1 Å². The van der Waals surface area contributed by atoms with Crippen LogP contribution in [0.4, 0.5) is 13.2 Å². The van der Waals surface area contributed by atoms with Crippen molar-refractivity contribution in [1.29, 1.82) is 0 Å². The van der Waals surface area contributed by atoms with Crippen molar-refractivity contribution in [3.8, 4) is 5.75 Å². The zero-order valence-electron chi connectivity index (χ0n) is 15.9. The average molecular weight is 427 g/mol. The van der Waals surface area contributed by atoms with E-state index in [2.05, 4.69) is 5.32 Å². The maximum absolute atomic E-state index is 12.8. The standard InChI is InChI=1S/C21H24F3NO3S/c22-21(23,24)16-5-3-6-19(15-16)29-18-10-8-17(9-11-18)28-14-4-13-25-12-2-1-7-20(26)27/h3,5-6,8-11,15,25H,1-2,4,7,12-14H2,(H,26,27). The molecule has 0 unspecified atom stereocenters. The fourth-order valence-electron chi connectivity index (χ4n) is 2.51. The number of rotatable bonds is 12. The molecule has 0 radical (unpaired) electrons. The Balaban J connectivity index is 1.67. The summed E-state index contributed by atoms with van der Waals surface area (Å²) in [7, 11) is 0. The molecule has 0 aliphatic carbocycles. The zero-order valence-corrected chi connectivity index (χ0v) is 16.7. The van der Waals surface area contributed by atoms with Crippen molar-refractivity contribution in [2.24, 2.45) is 0 Å². The Morgan fingerprint density at radius 3 is 2.41 bits per heavy atom. The highest BCUT2D eigenvalue weighted by Crippen LogP contribution is 2.34. The number of carboxylic acid groups (broad SMARTS) is 1. The van der Waals surface area contributed by atoms with Crippen LogP contribution in [-0.2, 0) is 11.0 Å². The van der Waals surface area contributed by atoms with Gasteiger partial charge in [-0.15, -0.1) is 0 Å². The first-order valence-corrected chi connectivity index (χ1v) is 10.2. The molecule has 0 saturated heterocycles. The summed E-state index contributed by atoms with van der Waals surface area (Å²) in [4.78, 5) is 11.8. The van der Waals surface area contributed by atoms with Crippen LogP contribution in [0.2, 0.25) is 0 Å². The van der Waals surface area contributed by atoms with Crippen LogP contribution in [0.15, 0.2) is 58.3 Å². The van der Waals surface area contributed by atoms with Crippen LogP contribution in [0.1, 0.15) is 31.2 Å². The third-order valence-electron chi connectivity index (χ3n) is 3.98. The first kappa shape index (κ1) is 23.1. The van der Waals surface area contributed by atoms with Crippen molar-refractivity contribution in [3.63, 3.8) is 0 Å². The minimum absolute atomic E-state index is 0.201. The van der Waals surface area contributed by atoms with Crippen molar-refractivity contribution in [1.82, 2.24) is 5.32 Å². The Bertz CT molecular complexity index is 767. The molecule has 2 N–H and O–H groups in total. The second kappa shape index (κ2) is 11.7. The highest BCUT2D eigenvalue weighted by molar-refractivity contribution is 7.99. The van der Waals surface area contributed by atoms with Crippen LogP contribution in [0, 0.1) is 0 Å². The Morgan fingerprint density at radius 2 is 1.72 bits per heavy atom. The molecular weight excluding hydrogens is 403 g/mol. The Hall–Kier alpha value is -2.19. The maximum Gasteiger partial charge on any atom is 0.416 e. The van der Waals surface area contributed by atoms with Gasteiger partial charge in [0.05, 0.1) is 12.2 Å². The van der Waals surface area contributed by atoms with Crippen molar-refractivity contribution in [2.75, 3.05) is 19.7 Å². The van der Waals surface area contributed by atoms with Gasteiger partial charge in [-0.3, -0.25) is 4.79 Å². The molecule has 0 fully saturated rings. The maximum atomic E-state index is 12.8. The summed E-state index contributed by atoms with van der Waals surface area (Å²) in [6.07, 6.45) is -1.82. The van der Waals surface area contributed by atoms with Gasteiger partial charge in [0.15, 0.2) is 0 Å². The number of nitrogens with one attached hydrogen (secondary N) is 1. The number of carbonyl (C=O) groups is 1. The Kier molecular flexibility index (Phi) is 9.34. The molecule has 2 aromatic carbocycles. The van der Waals surface area contributed by atoms with E-state index in [-0.39, 0.29) is 6.42 Å². The summed E-state index contributed by atoms with van der Waals surface area (Å²) in [5.74, 6) is -0.0579. The molecule has 2 rings (SSSR count). The Labute approximate surface area is 172 Å². The smallest absolute Gasteiger partial charge is 0.416 e. The molecule has 0 spiro atoms. The van der Waals surface area contributed by atoms with E-state index in [1.165, 1.54) is 17.8 Å². The SMILES string of the molecule is O=C(O)CCCCNCCCOc1ccc(Sc2cccc(C(F)(F)F)c2)cc1. The molecular formula is C21H24F3NO3S. The topological polar surface area (TPSA) is 58.6 Å². The number of ether oxygens (including phenoxy) is 1. The molecule has 158 valence electrons. The monoisotopic (exact) mass is 427 g/mol. The van der Waals surface area contributed by atoms with E-state index in [1.54, 1.807) is 18.2 Å². The van der Waals surface area contributed by atoms with E-state index in [4.69, 9.17) is 9.84 Å². The summed E-state index contributed by atoms with van der Waals surface area (Å²) >= 11 is 1.27. The number of hydrogen-bond donors (Lipinski definition) is 2. The largest absolute Gasteiger partial charge is 0.494 e. The third kappa shape index (κ3) is 9.23. The number of aliphatic carboxylic acids is 1. The highest BCUT2D eigenvalue weighted by Gasteiger charge is 2.30. The number of unbranched alkanes of at least 4 members (excludes halogenated alkanes) is 1. The minimum Gasteiger partial charge on any atom is -0.494 e. The van der Waals surface area contributed by atoms with Gasteiger partial charge in [-0.1, -0.05) is 17.8 Å². The van der Waals surface area contributed by atoms with E-state index >= 15 is 0 Å². The predicted octanol–water partition coefficient (Wildman–Crippen LogP) is 5.47. The lowest BCUT2D eigenvalue weighted by atomic mass is 10.2. The number of benzene rings is 2. The van der Waals surface area contributed by atoms with Crippen LogP contribution < -0.4 is 10.1 Å². The van der Waals surface area contributed by atoms with Gasteiger partial charge < -0.3 is 15.2 Å². The van der Waals surface area contributed by atoms with E-state index < -0.39 is 17.7 Å². The van der Waals surface area contributed by atoms with Gasteiger partial charge in [0.25, 0.3) is 0 Å². The molecule has 0 bridgehead atoms.